The van der Waals surface area contributed by atoms with E-state index in [1.165, 1.54) is 9.96 Å². The molecule has 2 N–H and O–H groups in total. The van der Waals surface area contributed by atoms with E-state index in [0.29, 0.717) is 0 Å². The number of benzene rings is 1. The Morgan fingerprint density at radius 3 is 2.05 bits per heavy atom. The summed E-state index contributed by atoms with van der Waals surface area (Å²) in [6.45, 7) is 2.19. The molecule has 3 nitrogen and oxygen atoms in total. The van der Waals surface area contributed by atoms with Gasteiger partial charge in [0.05, 0.1) is 0 Å². The fourth-order valence-electron chi connectivity index (χ4n) is 2.04. The van der Waals surface area contributed by atoms with E-state index in [2.05, 4.69) is 53.6 Å². The fraction of sp³-hybridized carbons (Fsp3) is 0.353. The third-order valence-corrected chi connectivity index (χ3v) is 7.39. The summed E-state index contributed by atoms with van der Waals surface area (Å²) >= 11 is -1.77. The van der Waals surface area contributed by atoms with Crippen LogP contribution in [0.15, 0.2) is 36.5 Å². The van der Waals surface area contributed by atoms with Gasteiger partial charge in [-0.1, -0.05) is 0 Å². The van der Waals surface area contributed by atoms with Crippen LogP contribution in [0.5, 0.6) is 0 Å². The zero-order valence-electron chi connectivity index (χ0n) is 14.1. The molecular weight excluding hydrogens is 515 g/mol. The maximum absolute atomic E-state index is 7.00. The van der Waals surface area contributed by atoms with Crippen molar-refractivity contribution in [3.05, 3.63) is 48.2 Å². The second-order valence-corrected chi connectivity index (χ2v) is 16.0. The van der Waals surface area contributed by atoms with Crippen LogP contribution in [0.3, 0.4) is 0 Å². The molecule has 0 aliphatic rings. The van der Waals surface area contributed by atoms with E-state index in [1.807, 2.05) is 18.2 Å². The Hall–Kier alpha value is -0.518. The molecule has 5 heteroatoms. The average Bonchev–Trinajstić information content (AvgIpc) is 2.51. The molecule has 0 saturated carbocycles. The number of aryl methyl sites for hydroxylation is 1. The van der Waals surface area contributed by atoms with Crippen LogP contribution >= 0.6 is 0 Å². The maximum atomic E-state index is 7.00. The van der Waals surface area contributed by atoms with Gasteiger partial charge in [-0.25, -0.2) is 0 Å². The molecule has 0 spiro atoms. The van der Waals surface area contributed by atoms with E-state index in [0.717, 1.165) is 25.5 Å². The fourth-order valence-corrected chi connectivity index (χ4v) is 5.62. The standard InChI is InChI=1S/C15H18GeN.2CH4O.Ir/c1-12-10-15(13-8-6-5-7-9-13)17-11-14(12)16(2,3)4;2*1-2;/h5-8,10-11H,1-4H3;2*2H,1H3;/q-1;;;. The van der Waals surface area contributed by atoms with Gasteiger partial charge in [0, 0.05) is 34.3 Å². The van der Waals surface area contributed by atoms with Crippen LogP contribution in [0.1, 0.15) is 5.56 Å². The molecule has 22 heavy (non-hydrogen) atoms. The first-order valence-electron chi connectivity index (χ1n) is 6.82. The number of nitrogens with zero attached hydrogens (tertiary/aromatic N) is 1. The Balaban J connectivity index is 0. The van der Waals surface area contributed by atoms with Gasteiger partial charge in [0.1, 0.15) is 0 Å². The first-order valence-corrected chi connectivity index (χ1v) is 14.2. The van der Waals surface area contributed by atoms with Gasteiger partial charge in [0.2, 0.25) is 0 Å². The molecule has 2 aromatic rings. The summed E-state index contributed by atoms with van der Waals surface area (Å²) < 4.78 is 1.49. The summed E-state index contributed by atoms with van der Waals surface area (Å²) in [7, 11) is 2.00. The van der Waals surface area contributed by atoms with Crippen LogP contribution in [0.4, 0.5) is 0 Å². The molecule has 2 rings (SSSR count). The first-order chi connectivity index (χ1) is 9.98. The Morgan fingerprint density at radius 2 is 1.64 bits per heavy atom. The van der Waals surface area contributed by atoms with Crippen LogP contribution in [0, 0.1) is 13.0 Å². The molecule has 0 amide bonds. The maximum Gasteiger partial charge on any atom is 0 e. The zero-order valence-corrected chi connectivity index (χ0v) is 18.6. The van der Waals surface area contributed by atoms with Crippen molar-refractivity contribution in [2.45, 2.75) is 24.2 Å². The number of aromatic nitrogens is 1. The smallest absolute Gasteiger partial charge is 0 e. The summed E-state index contributed by atoms with van der Waals surface area (Å²) in [4.78, 5) is 4.59. The molecule has 1 aromatic carbocycles. The quantitative estimate of drug-likeness (QED) is 0.455. The van der Waals surface area contributed by atoms with Crippen LogP contribution in [0.25, 0.3) is 11.3 Å². The summed E-state index contributed by atoms with van der Waals surface area (Å²) in [5, 5.41) is 14.0. The van der Waals surface area contributed by atoms with E-state index in [9.17, 15) is 0 Å². The average molecular weight is 541 g/mol. The van der Waals surface area contributed by atoms with E-state index in [4.69, 9.17) is 10.2 Å². The normalized spacial score (nSPS) is 9.45. The van der Waals surface area contributed by atoms with E-state index in [-0.39, 0.29) is 20.1 Å². The Kier molecular flexibility index (Phi) is 12.9. The van der Waals surface area contributed by atoms with Crippen molar-refractivity contribution in [1.29, 1.82) is 0 Å². The minimum absolute atomic E-state index is 0. The Morgan fingerprint density at radius 1 is 1.05 bits per heavy atom. The molecule has 0 fully saturated rings. The molecule has 125 valence electrons. The summed E-state index contributed by atoms with van der Waals surface area (Å²) in [6.07, 6.45) is 2.07. The van der Waals surface area contributed by atoms with Gasteiger partial charge in [0.15, 0.2) is 0 Å². The van der Waals surface area contributed by atoms with Crippen molar-refractivity contribution in [2.24, 2.45) is 0 Å². The van der Waals surface area contributed by atoms with E-state index >= 15 is 0 Å². The van der Waals surface area contributed by atoms with Crippen molar-refractivity contribution in [1.82, 2.24) is 4.98 Å². The van der Waals surface area contributed by atoms with Crippen molar-refractivity contribution < 1.29 is 30.3 Å². The number of hydrogen-bond donors (Lipinski definition) is 2. The van der Waals surface area contributed by atoms with E-state index in [1.54, 1.807) is 0 Å². The van der Waals surface area contributed by atoms with Gasteiger partial charge in [-0.3, -0.25) is 0 Å². The summed E-state index contributed by atoms with van der Waals surface area (Å²) in [5.74, 6) is 7.20. The zero-order chi connectivity index (χ0) is 16.5. The SMILES string of the molecule is CO.CO.Cc1cc(-c2[c-]cccc2)nc[c]1[Ge]([CH3])([CH3])[CH3].[Ir]. The predicted octanol–water partition coefficient (Wildman–Crippen LogP) is 2.62. The predicted molar refractivity (Wildman–Crippen MR) is 92.5 cm³/mol. The first kappa shape index (κ1) is 23.7. The van der Waals surface area contributed by atoms with Crippen molar-refractivity contribution in [2.75, 3.05) is 14.2 Å². The van der Waals surface area contributed by atoms with Crippen LogP contribution < -0.4 is 4.40 Å². The molecule has 0 saturated heterocycles. The molecule has 1 radical (unpaired) electrons. The summed E-state index contributed by atoms with van der Waals surface area (Å²) in [6, 6.07) is 13.4. The largest absolute Gasteiger partial charge is 0 e. The van der Waals surface area contributed by atoms with Crippen LogP contribution in [-0.4, -0.2) is 42.7 Å². The topological polar surface area (TPSA) is 53.4 Å². The molecule has 1 aromatic heterocycles. The van der Waals surface area contributed by atoms with Gasteiger partial charge >= 0.3 is 106 Å². The Labute approximate surface area is 150 Å². The van der Waals surface area contributed by atoms with Gasteiger partial charge in [-0.05, 0) is 0 Å². The van der Waals surface area contributed by atoms with Crippen molar-refractivity contribution in [3.63, 3.8) is 0 Å². The number of aliphatic hydroxyl groups is 2. The third-order valence-electron chi connectivity index (χ3n) is 2.90. The minimum atomic E-state index is -1.77. The molecular formula is C17H26GeIrNO2-. The molecule has 1 heterocycles. The van der Waals surface area contributed by atoms with Crippen molar-refractivity contribution in [3.8, 4) is 11.3 Å². The number of hydrogen-bond acceptors (Lipinski definition) is 3. The Bertz CT molecular complexity index is 528. The molecule has 0 unspecified atom stereocenters. The summed E-state index contributed by atoms with van der Waals surface area (Å²) in [5.41, 5.74) is 3.47. The van der Waals surface area contributed by atoms with Gasteiger partial charge in [0.25, 0.3) is 0 Å². The number of rotatable bonds is 2. The van der Waals surface area contributed by atoms with E-state index < -0.39 is 13.3 Å². The third kappa shape index (κ3) is 7.16. The van der Waals surface area contributed by atoms with Gasteiger partial charge in [-0.2, -0.15) is 0 Å². The molecule has 0 bridgehead atoms. The van der Waals surface area contributed by atoms with Gasteiger partial charge < -0.3 is 10.2 Å². The second-order valence-electron chi connectivity index (χ2n) is 5.41. The number of aliphatic hydroxyl groups excluding tert-OH is 2. The van der Waals surface area contributed by atoms with Crippen LogP contribution in [-0.2, 0) is 20.1 Å². The number of pyridine rings is 1. The van der Waals surface area contributed by atoms with Crippen molar-refractivity contribution >= 4 is 17.7 Å². The molecule has 0 aliphatic heterocycles. The monoisotopic (exact) mass is 543 g/mol. The minimum Gasteiger partial charge on any atom is 0 e. The molecule has 0 atom stereocenters. The second kappa shape index (κ2) is 12.0. The van der Waals surface area contributed by atoms with Crippen LogP contribution in [0.2, 0.25) is 17.3 Å². The molecule has 0 aliphatic carbocycles. The van der Waals surface area contributed by atoms with Gasteiger partial charge in [-0.15, -0.1) is 0 Å².